The minimum atomic E-state index is -3.62. The summed E-state index contributed by atoms with van der Waals surface area (Å²) >= 11 is 5.94. The van der Waals surface area contributed by atoms with Crippen molar-refractivity contribution in [3.8, 4) is 0 Å². The molecule has 0 aromatic heterocycles. The summed E-state index contributed by atoms with van der Waals surface area (Å²) in [4.78, 5) is 13.1. The van der Waals surface area contributed by atoms with E-state index in [9.17, 15) is 13.2 Å². The van der Waals surface area contributed by atoms with Crippen molar-refractivity contribution in [2.45, 2.75) is 4.90 Å². The normalized spacial score (nSPS) is 16.4. The average Bonchev–Trinajstić information content (AvgIpc) is 2.47. The van der Waals surface area contributed by atoms with E-state index < -0.39 is 10.0 Å². The molecule has 0 unspecified atom stereocenters. The van der Waals surface area contributed by atoms with Gasteiger partial charge in [-0.25, -0.2) is 8.42 Å². The molecule has 0 radical (unpaired) electrons. The third-order valence-electron chi connectivity index (χ3n) is 3.22. The number of amides is 1. The molecule has 1 saturated heterocycles. The second-order valence-corrected chi connectivity index (χ2v) is 6.73. The fourth-order valence-corrected chi connectivity index (χ4v) is 4.02. The van der Waals surface area contributed by atoms with Crippen LogP contribution in [0.5, 0.6) is 0 Å². The van der Waals surface area contributed by atoms with Crippen molar-refractivity contribution in [1.29, 1.82) is 0 Å². The van der Waals surface area contributed by atoms with E-state index in [2.05, 4.69) is 0 Å². The topological polar surface area (TPSA) is 83.7 Å². The van der Waals surface area contributed by atoms with E-state index in [1.807, 2.05) is 0 Å². The molecule has 1 aliphatic heterocycles. The van der Waals surface area contributed by atoms with Gasteiger partial charge in [-0.15, -0.1) is 12.4 Å². The summed E-state index contributed by atoms with van der Waals surface area (Å²) in [5, 5.41) is 0.202. The number of hydrogen-bond acceptors (Lipinski definition) is 4. The van der Waals surface area contributed by atoms with Gasteiger partial charge in [0.25, 0.3) is 0 Å². The molecule has 0 bridgehead atoms. The van der Waals surface area contributed by atoms with E-state index >= 15 is 0 Å². The van der Waals surface area contributed by atoms with Crippen molar-refractivity contribution in [2.75, 3.05) is 32.7 Å². The van der Waals surface area contributed by atoms with Crippen molar-refractivity contribution < 1.29 is 13.2 Å². The lowest BCUT2D eigenvalue weighted by molar-refractivity contribution is -0.130. The molecule has 0 saturated carbocycles. The summed E-state index contributed by atoms with van der Waals surface area (Å²) in [5.74, 6) is -0.167. The molecule has 1 aliphatic rings. The van der Waals surface area contributed by atoms with Crippen LogP contribution in [0.4, 0.5) is 0 Å². The number of hydrogen-bond donors (Lipinski definition) is 1. The van der Waals surface area contributed by atoms with Crippen LogP contribution < -0.4 is 5.73 Å². The molecular formula is C12H17Cl2N3O3S. The molecular weight excluding hydrogens is 337 g/mol. The van der Waals surface area contributed by atoms with Gasteiger partial charge in [0, 0.05) is 26.2 Å². The van der Waals surface area contributed by atoms with Gasteiger partial charge in [-0.05, 0) is 12.1 Å². The van der Waals surface area contributed by atoms with E-state index in [-0.39, 0.29) is 47.9 Å². The zero-order valence-corrected chi connectivity index (χ0v) is 13.6. The van der Waals surface area contributed by atoms with Gasteiger partial charge < -0.3 is 10.6 Å². The molecule has 1 aromatic carbocycles. The molecule has 118 valence electrons. The van der Waals surface area contributed by atoms with Gasteiger partial charge in [-0.2, -0.15) is 4.31 Å². The molecule has 0 spiro atoms. The Labute approximate surface area is 135 Å². The second kappa shape index (κ2) is 7.42. The van der Waals surface area contributed by atoms with Crippen LogP contribution >= 0.6 is 24.0 Å². The Morgan fingerprint density at radius 2 is 1.76 bits per heavy atom. The molecule has 1 heterocycles. The molecule has 2 N–H and O–H groups in total. The van der Waals surface area contributed by atoms with Gasteiger partial charge in [-0.3, -0.25) is 4.79 Å². The minimum Gasteiger partial charge on any atom is -0.339 e. The van der Waals surface area contributed by atoms with Crippen LogP contribution in [0.2, 0.25) is 5.02 Å². The number of halogens is 2. The van der Waals surface area contributed by atoms with Gasteiger partial charge in [0.15, 0.2) is 0 Å². The van der Waals surface area contributed by atoms with Crippen LogP contribution in [0.3, 0.4) is 0 Å². The minimum absolute atomic E-state index is 0. The van der Waals surface area contributed by atoms with Crippen molar-refractivity contribution >= 4 is 39.9 Å². The Hall–Kier alpha value is -0.860. The Balaban J connectivity index is 0.00000220. The SMILES string of the molecule is Cl.NCC(=O)N1CCN(S(=O)(=O)c2ccccc2Cl)CC1. The van der Waals surface area contributed by atoms with E-state index in [1.54, 1.807) is 23.1 Å². The van der Waals surface area contributed by atoms with Crippen molar-refractivity contribution in [2.24, 2.45) is 5.73 Å². The first-order valence-corrected chi connectivity index (χ1v) is 8.01. The van der Waals surface area contributed by atoms with E-state index in [0.29, 0.717) is 13.1 Å². The Morgan fingerprint density at radius 1 is 1.19 bits per heavy atom. The summed E-state index contributed by atoms with van der Waals surface area (Å²) in [7, 11) is -3.62. The van der Waals surface area contributed by atoms with Crippen LogP contribution in [-0.2, 0) is 14.8 Å². The van der Waals surface area contributed by atoms with Gasteiger partial charge in [0.05, 0.1) is 11.6 Å². The third-order valence-corrected chi connectivity index (χ3v) is 5.62. The quantitative estimate of drug-likeness (QED) is 0.860. The summed E-state index contributed by atoms with van der Waals surface area (Å²) in [6.07, 6.45) is 0. The lowest BCUT2D eigenvalue weighted by Crippen LogP contribution is -2.51. The zero-order valence-electron chi connectivity index (χ0n) is 11.2. The number of rotatable bonds is 3. The lowest BCUT2D eigenvalue weighted by Gasteiger charge is -2.33. The van der Waals surface area contributed by atoms with Crippen LogP contribution in [0.25, 0.3) is 0 Å². The number of carbonyl (C=O) groups is 1. The first kappa shape index (κ1) is 18.2. The highest BCUT2D eigenvalue weighted by molar-refractivity contribution is 7.89. The summed E-state index contributed by atoms with van der Waals surface area (Å²) in [5.41, 5.74) is 5.29. The maximum Gasteiger partial charge on any atom is 0.244 e. The monoisotopic (exact) mass is 353 g/mol. The first-order chi connectivity index (χ1) is 9.46. The number of nitrogens with two attached hydrogens (primary N) is 1. The predicted octanol–water partition coefficient (Wildman–Crippen LogP) is 0.553. The van der Waals surface area contributed by atoms with Crippen molar-refractivity contribution in [3.05, 3.63) is 29.3 Å². The zero-order chi connectivity index (χ0) is 14.8. The number of nitrogens with zero attached hydrogens (tertiary/aromatic N) is 2. The average molecular weight is 354 g/mol. The predicted molar refractivity (Wildman–Crippen MR) is 83.1 cm³/mol. The van der Waals surface area contributed by atoms with Crippen LogP contribution in [0.1, 0.15) is 0 Å². The van der Waals surface area contributed by atoms with Crippen LogP contribution in [0.15, 0.2) is 29.2 Å². The molecule has 21 heavy (non-hydrogen) atoms. The Kier molecular flexibility index (Phi) is 6.42. The number of benzene rings is 1. The fourth-order valence-electron chi connectivity index (χ4n) is 2.10. The molecule has 6 nitrogen and oxygen atoms in total. The summed E-state index contributed by atoms with van der Waals surface area (Å²) in [6, 6.07) is 6.34. The Morgan fingerprint density at radius 3 is 2.29 bits per heavy atom. The Bertz CT molecular complexity index is 602. The molecule has 1 fully saturated rings. The van der Waals surface area contributed by atoms with E-state index in [4.69, 9.17) is 17.3 Å². The molecule has 2 rings (SSSR count). The number of carbonyl (C=O) groups excluding carboxylic acids is 1. The molecule has 1 aromatic rings. The summed E-state index contributed by atoms with van der Waals surface area (Å²) in [6.45, 7) is 1.13. The smallest absolute Gasteiger partial charge is 0.244 e. The largest absolute Gasteiger partial charge is 0.339 e. The molecule has 0 atom stereocenters. The highest BCUT2D eigenvalue weighted by atomic mass is 35.5. The van der Waals surface area contributed by atoms with E-state index in [0.717, 1.165) is 0 Å². The number of sulfonamides is 1. The highest BCUT2D eigenvalue weighted by Crippen LogP contribution is 2.24. The van der Waals surface area contributed by atoms with Gasteiger partial charge >= 0.3 is 0 Å². The number of piperazine rings is 1. The van der Waals surface area contributed by atoms with Crippen LogP contribution in [-0.4, -0.2) is 56.3 Å². The standard InChI is InChI=1S/C12H16ClN3O3S.ClH/c13-10-3-1-2-4-11(10)20(18,19)16-7-5-15(6-8-16)12(17)9-14;/h1-4H,5-9,14H2;1H. The first-order valence-electron chi connectivity index (χ1n) is 6.19. The van der Waals surface area contributed by atoms with E-state index in [1.165, 1.54) is 10.4 Å². The molecule has 0 aliphatic carbocycles. The fraction of sp³-hybridized carbons (Fsp3) is 0.417. The van der Waals surface area contributed by atoms with Gasteiger partial charge in [0.2, 0.25) is 15.9 Å². The maximum atomic E-state index is 12.5. The third kappa shape index (κ3) is 3.87. The second-order valence-electron chi connectivity index (χ2n) is 4.42. The summed E-state index contributed by atoms with van der Waals surface area (Å²) < 4.78 is 26.3. The lowest BCUT2D eigenvalue weighted by atomic mass is 10.3. The highest BCUT2D eigenvalue weighted by Gasteiger charge is 2.30. The molecule has 9 heteroatoms. The van der Waals surface area contributed by atoms with Gasteiger partial charge in [0.1, 0.15) is 4.90 Å². The molecule has 1 amide bonds. The van der Waals surface area contributed by atoms with Crippen molar-refractivity contribution in [1.82, 2.24) is 9.21 Å². The van der Waals surface area contributed by atoms with Crippen molar-refractivity contribution in [3.63, 3.8) is 0 Å². The maximum absolute atomic E-state index is 12.5. The van der Waals surface area contributed by atoms with Crippen LogP contribution in [0, 0.1) is 0 Å². The van der Waals surface area contributed by atoms with Gasteiger partial charge in [-0.1, -0.05) is 23.7 Å².